The van der Waals surface area contributed by atoms with Crippen LogP contribution >= 0.6 is 0 Å². The van der Waals surface area contributed by atoms with Crippen LogP contribution in [0.25, 0.3) is 0 Å². The fraction of sp³-hybridized carbons (Fsp3) is 0.923. The van der Waals surface area contributed by atoms with Crippen LogP contribution in [0.4, 0.5) is 0 Å². The molecule has 0 spiro atoms. The lowest BCUT2D eigenvalue weighted by atomic mass is 9.98. The number of nitrogens with zero attached hydrogens (tertiary/aromatic N) is 1. The van der Waals surface area contributed by atoms with Gasteiger partial charge in [0.1, 0.15) is 0 Å². The molecule has 3 atom stereocenters. The first-order valence-corrected chi connectivity index (χ1v) is 6.78. The number of methoxy groups -OCH3 is 1. The van der Waals surface area contributed by atoms with Crippen LogP contribution in [0.5, 0.6) is 0 Å². The maximum atomic E-state index is 10.8. The van der Waals surface area contributed by atoms with E-state index in [-0.39, 0.29) is 6.10 Å². The van der Waals surface area contributed by atoms with Crippen LogP contribution < -0.4 is 0 Å². The Kier molecular flexibility index (Phi) is 4.97. The van der Waals surface area contributed by atoms with Gasteiger partial charge in [0, 0.05) is 20.2 Å². The van der Waals surface area contributed by atoms with E-state index < -0.39 is 12.1 Å². The molecule has 0 aliphatic carbocycles. The molecule has 2 rings (SSSR count). The third kappa shape index (κ3) is 3.67. The Morgan fingerprint density at radius 1 is 1.44 bits per heavy atom. The average Bonchev–Trinajstić information content (AvgIpc) is 2.78. The zero-order chi connectivity index (χ0) is 13.0. The summed E-state index contributed by atoms with van der Waals surface area (Å²) in [5.41, 5.74) is 0. The molecule has 0 amide bonds. The van der Waals surface area contributed by atoms with Crippen molar-refractivity contribution in [2.24, 2.45) is 5.92 Å². The molecule has 3 unspecified atom stereocenters. The van der Waals surface area contributed by atoms with E-state index in [4.69, 9.17) is 14.6 Å². The lowest BCUT2D eigenvalue weighted by molar-refractivity contribution is -0.149. The molecule has 18 heavy (non-hydrogen) atoms. The number of rotatable bonds is 5. The smallest absolute Gasteiger partial charge is 0.332 e. The Balaban J connectivity index is 1.74. The van der Waals surface area contributed by atoms with Gasteiger partial charge in [-0.05, 0) is 38.1 Å². The number of carboxylic acid groups (broad SMARTS) is 1. The highest BCUT2D eigenvalue weighted by Crippen LogP contribution is 2.23. The Labute approximate surface area is 108 Å². The quantitative estimate of drug-likeness (QED) is 0.795. The molecule has 0 aromatic carbocycles. The van der Waals surface area contributed by atoms with Gasteiger partial charge in [0.2, 0.25) is 0 Å². The minimum Gasteiger partial charge on any atom is -0.479 e. The van der Waals surface area contributed by atoms with Crippen molar-refractivity contribution in [1.29, 1.82) is 0 Å². The maximum Gasteiger partial charge on any atom is 0.332 e. The second-order valence-electron chi connectivity index (χ2n) is 5.39. The van der Waals surface area contributed by atoms with Crippen molar-refractivity contribution in [3.05, 3.63) is 0 Å². The normalized spacial score (nSPS) is 33.7. The zero-order valence-electron chi connectivity index (χ0n) is 11.0. The summed E-state index contributed by atoms with van der Waals surface area (Å²) in [5.74, 6) is -0.214. The van der Waals surface area contributed by atoms with E-state index in [1.165, 1.54) is 12.8 Å². The van der Waals surface area contributed by atoms with Gasteiger partial charge in [0.05, 0.1) is 12.7 Å². The molecule has 0 radical (unpaired) electrons. The van der Waals surface area contributed by atoms with Crippen LogP contribution in [0.3, 0.4) is 0 Å². The Morgan fingerprint density at radius 2 is 2.28 bits per heavy atom. The third-order valence-corrected chi connectivity index (χ3v) is 3.85. The monoisotopic (exact) mass is 257 g/mol. The molecule has 2 saturated heterocycles. The molecule has 2 aliphatic rings. The fourth-order valence-corrected chi connectivity index (χ4v) is 3.00. The van der Waals surface area contributed by atoms with Gasteiger partial charge in [0.15, 0.2) is 6.10 Å². The fourth-order valence-electron chi connectivity index (χ4n) is 3.00. The van der Waals surface area contributed by atoms with Gasteiger partial charge < -0.3 is 19.5 Å². The number of hydrogen-bond donors (Lipinski definition) is 1. The summed E-state index contributed by atoms with van der Waals surface area (Å²) < 4.78 is 10.8. The van der Waals surface area contributed by atoms with E-state index in [2.05, 4.69) is 4.90 Å². The molecule has 0 aromatic rings. The summed E-state index contributed by atoms with van der Waals surface area (Å²) in [6.07, 6.45) is 3.44. The minimum atomic E-state index is -0.826. The number of carbonyl (C=O) groups is 1. The standard InChI is InChI=1S/C13H23NO4/c1-17-9-10-3-2-6-14(7-10)8-11-4-5-12(18-11)13(15)16/h10-12H,2-9H2,1H3,(H,15,16). The van der Waals surface area contributed by atoms with Gasteiger partial charge >= 0.3 is 5.97 Å². The molecule has 2 aliphatic heterocycles. The predicted octanol–water partition coefficient (Wildman–Crippen LogP) is 0.977. The lowest BCUT2D eigenvalue weighted by Crippen LogP contribution is -2.41. The van der Waals surface area contributed by atoms with Crippen LogP contribution in [-0.4, -0.2) is 61.5 Å². The topological polar surface area (TPSA) is 59.0 Å². The average molecular weight is 257 g/mol. The summed E-state index contributed by atoms with van der Waals surface area (Å²) >= 11 is 0. The van der Waals surface area contributed by atoms with Crippen LogP contribution in [0.2, 0.25) is 0 Å². The summed E-state index contributed by atoms with van der Waals surface area (Å²) in [4.78, 5) is 13.2. The SMILES string of the molecule is COCC1CCCN(CC2CCC(C(=O)O)O2)C1. The molecule has 0 saturated carbocycles. The van der Waals surface area contributed by atoms with E-state index in [1.54, 1.807) is 7.11 Å². The molecule has 2 heterocycles. The lowest BCUT2D eigenvalue weighted by Gasteiger charge is -2.33. The Bertz CT molecular complexity index is 282. The number of ether oxygens (including phenoxy) is 2. The molecule has 0 bridgehead atoms. The first-order chi connectivity index (χ1) is 8.69. The zero-order valence-corrected chi connectivity index (χ0v) is 11.0. The summed E-state index contributed by atoms with van der Waals surface area (Å²) in [7, 11) is 1.75. The number of piperidine rings is 1. The first-order valence-electron chi connectivity index (χ1n) is 6.78. The highest BCUT2D eigenvalue weighted by molar-refractivity contribution is 5.72. The third-order valence-electron chi connectivity index (χ3n) is 3.85. The maximum absolute atomic E-state index is 10.8. The molecule has 2 fully saturated rings. The number of carboxylic acids is 1. The van der Waals surface area contributed by atoms with Gasteiger partial charge in [-0.15, -0.1) is 0 Å². The van der Waals surface area contributed by atoms with Crippen LogP contribution in [0.1, 0.15) is 25.7 Å². The van der Waals surface area contributed by atoms with Gasteiger partial charge in [-0.25, -0.2) is 4.79 Å². The number of hydrogen-bond acceptors (Lipinski definition) is 4. The molecule has 1 N–H and O–H groups in total. The van der Waals surface area contributed by atoms with E-state index >= 15 is 0 Å². The molecule has 0 aromatic heterocycles. The second kappa shape index (κ2) is 6.50. The Morgan fingerprint density at radius 3 is 2.94 bits per heavy atom. The van der Waals surface area contributed by atoms with E-state index in [1.807, 2.05) is 0 Å². The van der Waals surface area contributed by atoms with Crippen molar-refractivity contribution >= 4 is 5.97 Å². The summed E-state index contributed by atoms with van der Waals surface area (Å²) in [6, 6.07) is 0. The van der Waals surface area contributed by atoms with Crippen LogP contribution in [0.15, 0.2) is 0 Å². The van der Waals surface area contributed by atoms with Gasteiger partial charge in [-0.3, -0.25) is 0 Å². The van der Waals surface area contributed by atoms with Crippen LogP contribution in [0, 0.1) is 5.92 Å². The molecular weight excluding hydrogens is 234 g/mol. The van der Waals surface area contributed by atoms with E-state index in [9.17, 15) is 4.79 Å². The highest BCUT2D eigenvalue weighted by atomic mass is 16.5. The van der Waals surface area contributed by atoms with Crippen molar-refractivity contribution < 1.29 is 19.4 Å². The van der Waals surface area contributed by atoms with Gasteiger partial charge in [0.25, 0.3) is 0 Å². The highest BCUT2D eigenvalue weighted by Gasteiger charge is 2.32. The number of likely N-dealkylation sites (tertiary alicyclic amines) is 1. The minimum absolute atomic E-state index is 0.0902. The predicted molar refractivity (Wildman–Crippen MR) is 66.6 cm³/mol. The second-order valence-corrected chi connectivity index (χ2v) is 5.39. The Hall–Kier alpha value is -0.650. The van der Waals surface area contributed by atoms with Crippen molar-refractivity contribution in [3.63, 3.8) is 0 Å². The van der Waals surface area contributed by atoms with Crippen molar-refractivity contribution in [2.45, 2.75) is 37.9 Å². The molecule has 5 heteroatoms. The van der Waals surface area contributed by atoms with E-state index in [0.29, 0.717) is 12.3 Å². The van der Waals surface area contributed by atoms with Crippen molar-refractivity contribution in [1.82, 2.24) is 4.90 Å². The molecule has 5 nitrogen and oxygen atoms in total. The molecular formula is C13H23NO4. The number of aliphatic carboxylic acids is 1. The first kappa shape index (κ1) is 13.8. The van der Waals surface area contributed by atoms with Crippen LogP contribution in [-0.2, 0) is 14.3 Å². The molecule has 104 valence electrons. The van der Waals surface area contributed by atoms with Gasteiger partial charge in [-0.2, -0.15) is 0 Å². The largest absolute Gasteiger partial charge is 0.479 e. The summed E-state index contributed by atoms with van der Waals surface area (Å²) in [6.45, 7) is 3.83. The van der Waals surface area contributed by atoms with E-state index in [0.717, 1.165) is 32.7 Å². The van der Waals surface area contributed by atoms with Crippen molar-refractivity contribution in [2.75, 3.05) is 33.4 Å². The summed E-state index contributed by atoms with van der Waals surface area (Å²) in [5, 5.41) is 8.89. The van der Waals surface area contributed by atoms with Crippen molar-refractivity contribution in [3.8, 4) is 0 Å². The van der Waals surface area contributed by atoms with Gasteiger partial charge in [-0.1, -0.05) is 0 Å².